The van der Waals surface area contributed by atoms with Gasteiger partial charge in [-0.3, -0.25) is 4.21 Å². The van der Waals surface area contributed by atoms with Crippen molar-refractivity contribution in [3.8, 4) is 0 Å². The second-order valence-corrected chi connectivity index (χ2v) is 9.40. The van der Waals surface area contributed by atoms with Crippen molar-refractivity contribution in [2.75, 3.05) is 18.6 Å². The van der Waals surface area contributed by atoms with Crippen LogP contribution in [0.3, 0.4) is 0 Å². The van der Waals surface area contributed by atoms with Crippen LogP contribution in [0, 0.1) is 0 Å². The van der Waals surface area contributed by atoms with E-state index in [-0.39, 0.29) is 23.5 Å². The first kappa shape index (κ1) is 17.5. The average molecular weight is 349 g/mol. The molecule has 0 radical (unpaired) electrons. The van der Waals surface area contributed by atoms with Crippen LogP contribution in [-0.2, 0) is 16.2 Å². The Bertz CT molecular complexity index is 634. The van der Waals surface area contributed by atoms with E-state index < -0.39 is 10.8 Å². The molecule has 1 aliphatic carbocycles. The number of carbonyl (C=O) groups excluding carboxylic acids is 1. The molecule has 1 atom stereocenters. The SMILES string of the molecule is CN(C(=O)N[C@@H]1CCC(C)(C)c2ccccc21)C1CCS(=O)CC1. The molecule has 1 aliphatic heterocycles. The fourth-order valence-corrected chi connectivity index (χ4v) is 5.22. The van der Waals surface area contributed by atoms with Gasteiger partial charge in [0, 0.05) is 35.4 Å². The predicted octanol–water partition coefficient (Wildman–Crippen LogP) is 3.35. The number of nitrogens with one attached hydrogen (secondary N) is 1. The molecule has 1 fully saturated rings. The number of benzene rings is 1. The largest absolute Gasteiger partial charge is 0.331 e. The Morgan fingerprint density at radius 3 is 2.58 bits per heavy atom. The molecule has 0 aromatic heterocycles. The van der Waals surface area contributed by atoms with Gasteiger partial charge < -0.3 is 10.2 Å². The van der Waals surface area contributed by atoms with E-state index >= 15 is 0 Å². The molecular weight excluding hydrogens is 320 g/mol. The monoisotopic (exact) mass is 348 g/mol. The number of hydrogen-bond donors (Lipinski definition) is 1. The highest BCUT2D eigenvalue weighted by molar-refractivity contribution is 7.85. The number of urea groups is 1. The molecule has 0 spiro atoms. The van der Waals surface area contributed by atoms with Crippen molar-refractivity contribution in [2.45, 2.75) is 57.0 Å². The second-order valence-electron chi connectivity index (χ2n) is 7.70. The Balaban J connectivity index is 1.70. The van der Waals surface area contributed by atoms with Gasteiger partial charge in [-0.15, -0.1) is 0 Å². The molecule has 5 heteroatoms. The lowest BCUT2D eigenvalue weighted by Crippen LogP contribution is -2.48. The lowest BCUT2D eigenvalue weighted by molar-refractivity contribution is 0.179. The van der Waals surface area contributed by atoms with Crippen molar-refractivity contribution in [1.29, 1.82) is 0 Å². The van der Waals surface area contributed by atoms with Gasteiger partial charge in [-0.1, -0.05) is 38.1 Å². The van der Waals surface area contributed by atoms with Crippen molar-refractivity contribution in [1.82, 2.24) is 10.2 Å². The summed E-state index contributed by atoms with van der Waals surface area (Å²) in [6.07, 6.45) is 3.72. The van der Waals surface area contributed by atoms with Crippen LogP contribution in [0.1, 0.15) is 56.7 Å². The lowest BCUT2D eigenvalue weighted by Gasteiger charge is -2.39. The van der Waals surface area contributed by atoms with Gasteiger partial charge in [-0.25, -0.2) is 4.79 Å². The molecule has 1 heterocycles. The van der Waals surface area contributed by atoms with Gasteiger partial charge in [-0.2, -0.15) is 0 Å². The number of rotatable bonds is 2. The number of carbonyl (C=O) groups is 1. The summed E-state index contributed by atoms with van der Waals surface area (Å²) in [5.41, 5.74) is 2.76. The van der Waals surface area contributed by atoms with Crippen LogP contribution in [0.5, 0.6) is 0 Å². The predicted molar refractivity (Wildman–Crippen MR) is 98.6 cm³/mol. The number of hydrogen-bond acceptors (Lipinski definition) is 2. The first-order valence-corrected chi connectivity index (χ1v) is 10.3. The van der Waals surface area contributed by atoms with Crippen LogP contribution in [0.4, 0.5) is 4.79 Å². The molecule has 1 aromatic rings. The van der Waals surface area contributed by atoms with E-state index in [1.165, 1.54) is 11.1 Å². The third kappa shape index (κ3) is 3.51. The molecule has 0 unspecified atom stereocenters. The van der Waals surface area contributed by atoms with E-state index in [9.17, 15) is 9.00 Å². The summed E-state index contributed by atoms with van der Waals surface area (Å²) in [7, 11) is 1.17. The van der Waals surface area contributed by atoms with E-state index in [4.69, 9.17) is 0 Å². The second kappa shape index (κ2) is 6.87. The summed E-state index contributed by atoms with van der Waals surface area (Å²) in [5.74, 6) is 1.42. The zero-order valence-electron chi connectivity index (χ0n) is 14.9. The Hall–Kier alpha value is -1.36. The Kier molecular flexibility index (Phi) is 5.00. The van der Waals surface area contributed by atoms with E-state index in [0.29, 0.717) is 11.5 Å². The highest BCUT2D eigenvalue weighted by Crippen LogP contribution is 2.41. The molecule has 1 aromatic carbocycles. The standard InChI is InChI=1S/C19H28N2O2S/c1-19(2)11-8-17(15-6-4-5-7-16(15)19)20-18(22)21(3)14-9-12-24(23)13-10-14/h4-7,14,17H,8-13H2,1-3H3,(H,20,22)/t14?,17-,24?/m1/s1. The molecule has 1 N–H and O–H groups in total. The first-order chi connectivity index (χ1) is 11.4. The fraction of sp³-hybridized carbons (Fsp3) is 0.632. The summed E-state index contributed by atoms with van der Waals surface area (Å²) in [6.45, 7) is 4.55. The summed E-state index contributed by atoms with van der Waals surface area (Å²) in [6, 6.07) is 8.75. The van der Waals surface area contributed by atoms with Gasteiger partial charge in [-0.05, 0) is 42.2 Å². The molecule has 2 aliphatic rings. The third-order valence-electron chi connectivity index (χ3n) is 5.65. The van der Waals surface area contributed by atoms with Crippen LogP contribution in [0.2, 0.25) is 0 Å². The van der Waals surface area contributed by atoms with E-state index in [2.05, 4.69) is 43.4 Å². The van der Waals surface area contributed by atoms with Gasteiger partial charge >= 0.3 is 6.03 Å². The van der Waals surface area contributed by atoms with Crippen LogP contribution < -0.4 is 5.32 Å². The van der Waals surface area contributed by atoms with Gasteiger partial charge in [0.2, 0.25) is 0 Å². The summed E-state index contributed by atoms with van der Waals surface area (Å²) < 4.78 is 11.5. The third-order valence-corrected chi connectivity index (χ3v) is 7.03. The molecule has 24 heavy (non-hydrogen) atoms. The maximum Gasteiger partial charge on any atom is 0.317 e. The molecule has 0 bridgehead atoms. The highest BCUT2D eigenvalue weighted by atomic mass is 32.2. The van der Waals surface area contributed by atoms with Gasteiger partial charge in [0.25, 0.3) is 0 Å². The molecule has 4 nitrogen and oxygen atoms in total. The highest BCUT2D eigenvalue weighted by Gasteiger charge is 2.34. The Morgan fingerprint density at radius 1 is 1.21 bits per heavy atom. The minimum Gasteiger partial charge on any atom is -0.331 e. The van der Waals surface area contributed by atoms with Crippen molar-refractivity contribution in [3.05, 3.63) is 35.4 Å². The molecule has 132 valence electrons. The molecule has 2 amide bonds. The van der Waals surface area contributed by atoms with E-state index in [0.717, 1.165) is 25.7 Å². The van der Waals surface area contributed by atoms with E-state index in [1.807, 2.05) is 11.9 Å². The van der Waals surface area contributed by atoms with Crippen molar-refractivity contribution in [3.63, 3.8) is 0 Å². The van der Waals surface area contributed by atoms with Crippen molar-refractivity contribution in [2.24, 2.45) is 0 Å². The number of fused-ring (bicyclic) bond motifs is 1. The van der Waals surface area contributed by atoms with Gasteiger partial charge in [0.15, 0.2) is 0 Å². The Labute approximate surface area is 147 Å². The number of amides is 2. The van der Waals surface area contributed by atoms with Gasteiger partial charge in [0.1, 0.15) is 0 Å². The summed E-state index contributed by atoms with van der Waals surface area (Å²) in [5, 5.41) is 3.23. The van der Waals surface area contributed by atoms with Crippen LogP contribution in [-0.4, -0.2) is 39.7 Å². The lowest BCUT2D eigenvalue weighted by atomic mass is 9.71. The quantitative estimate of drug-likeness (QED) is 0.891. The van der Waals surface area contributed by atoms with E-state index in [1.54, 1.807) is 0 Å². The normalized spacial score (nSPS) is 28.7. The van der Waals surface area contributed by atoms with Crippen LogP contribution in [0.25, 0.3) is 0 Å². The fourth-order valence-electron chi connectivity index (χ4n) is 3.95. The van der Waals surface area contributed by atoms with Crippen LogP contribution >= 0.6 is 0 Å². The molecular formula is C19H28N2O2S. The van der Waals surface area contributed by atoms with Gasteiger partial charge in [0.05, 0.1) is 6.04 Å². The molecule has 3 rings (SSSR count). The summed E-state index contributed by atoms with van der Waals surface area (Å²) in [4.78, 5) is 14.5. The van der Waals surface area contributed by atoms with Crippen molar-refractivity contribution >= 4 is 16.8 Å². The first-order valence-electron chi connectivity index (χ1n) is 8.86. The smallest absolute Gasteiger partial charge is 0.317 e. The summed E-state index contributed by atoms with van der Waals surface area (Å²) >= 11 is 0. The average Bonchev–Trinajstić information content (AvgIpc) is 2.58. The maximum atomic E-state index is 12.7. The Morgan fingerprint density at radius 2 is 1.88 bits per heavy atom. The zero-order valence-corrected chi connectivity index (χ0v) is 15.7. The minimum absolute atomic E-state index is 0.00723. The van der Waals surface area contributed by atoms with Crippen molar-refractivity contribution < 1.29 is 9.00 Å². The zero-order chi connectivity index (χ0) is 17.3. The molecule has 1 saturated heterocycles. The topological polar surface area (TPSA) is 49.4 Å². The molecule has 0 saturated carbocycles. The number of nitrogens with zero attached hydrogens (tertiary/aromatic N) is 1. The van der Waals surface area contributed by atoms with Crippen LogP contribution in [0.15, 0.2) is 24.3 Å². The minimum atomic E-state index is -0.694. The maximum absolute atomic E-state index is 12.7.